The lowest BCUT2D eigenvalue weighted by Crippen LogP contribution is -2.37. The molecule has 3 heteroatoms. The number of likely N-dealkylation sites (tertiary alicyclic amines) is 2. The van der Waals surface area contributed by atoms with Crippen LogP contribution in [-0.2, 0) is 6.54 Å². The van der Waals surface area contributed by atoms with Gasteiger partial charge in [-0.15, -0.1) is 0 Å². The highest BCUT2D eigenvalue weighted by Gasteiger charge is 2.42. The van der Waals surface area contributed by atoms with Crippen LogP contribution in [0.15, 0.2) is 23.0 Å². The monoisotopic (exact) mass is 248 g/mol. The van der Waals surface area contributed by atoms with E-state index in [4.69, 9.17) is 4.42 Å². The molecule has 3 heterocycles. The first-order valence-corrected chi connectivity index (χ1v) is 7.23. The summed E-state index contributed by atoms with van der Waals surface area (Å²) in [4.78, 5) is 5.36. The Morgan fingerprint density at radius 1 is 1.22 bits per heavy atom. The van der Waals surface area contributed by atoms with Crippen molar-refractivity contribution < 1.29 is 4.42 Å². The lowest BCUT2D eigenvalue weighted by molar-refractivity contribution is 0.203. The zero-order valence-corrected chi connectivity index (χ0v) is 11.5. The summed E-state index contributed by atoms with van der Waals surface area (Å²) in [6.45, 7) is 9.51. The fourth-order valence-corrected chi connectivity index (χ4v) is 3.67. The minimum atomic E-state index is 0.777. The molecule has 100 valence electrons. The molecule has 2 saturated heterocycles. The van der Waals surface area contributed by atoms with Gasteiger partial charge in [0.05, 0.1) is 12.5 Å². The van der Waals surface area contributed by atoms with Gasteiger partial charge in [-0.2, -0.15) is 0 Å². The Morgan fingerprint density at radius 3 is 2.61 bits per heavy atom. The Kier molecular flexibility index (Phi) is 3.44. The van der Waals surface area contributed by atoms with Crippen molar-refractivity contribution in [2.75, 3.05) is 19.6 Å². The van der Waals surface area contributed by atoms with Crippen molar-refractivity contribution in [2.24, 2.45) is 5.92 Å². The molecule has 0 saturated carbocycles. The molecule has 18 heavy (non-hydrogen) atoms. The van der Waals surface area contributed by atoms with Gasteiger partial charge in [0.15, 0.2) is 0 Å². The molecule has 3 nitrogen and oxygen atoms in total. The largest absolute Gasteiger partial charge is 0.472 e. The maximum Gasteiger partial charge on any atom is 0.0947 e. The summed E-state index contributed by atoms with van der Waals surface area (Å²) in [5.74, 6) is 0.784. The summed E-state index contributed by atoms with van der Waals surface area (Å²) >= 11 is 0. The average molecular weight is 248 g/mol. The highest BCUT2D eigenvalue weighted by molar-refractivity contribution is 5.08. The fourth-order valence-electron chi connectivity index (χ4n) is 3.67. The molecule has 2 fully saturated rings. The van der Waals surface area contributed by atoms with Crippen molar-refractivity contribution in [3.63, 3.8) is 0 Å². The standard InChI is InChI=1S/C15H24N2O/c1-12(2)9-16-6-3-15-14(16)4-7-17(15)10-13-5-8-18-11-13/h5,8,11-12,14-15H,3-4,6-7,9-10H2,1-2H3/t14-,15+/m0/s1. The fraction of sp³-hybridized carbons (Fsp3) is 0.733. The molecular weight excluding hydrogens is 224 g/mol. The first kappa shape index (κ1) is 12.2. The van der Waals surface area contributed by atoms with Crippen molar-refractivity contribution >= 4 is 0 Å². The van der Waals surface area contributed by atoms with Crippen molar-refractivity contribution in [2.45, 2.75) is 45.3 Å². The highest BCUT2D eigenvalue weighted by Crippen LogP contribution is 2.32. The van der Waals surface area contributed by atoms with Gasteiger partial charge in [-0.1, -0.05) is 13.8 Å². The predicted molar refractivity (Wildman–Crippen MR) is 72.3 cm³/mol. The Hall–Kier alpha value is -0.800. The maximum atomic E-state index is 5.17. The van der Waals surface area contributed by atoms with Gasteiger partial charge in [0, 0.05) is 43.8 Å². The number of rotatable bonds is 4. The van der Waals surface area contributed by atoms with E-state index >= 15 is 0 Å². The molecule has 0 aliphatic carbocycles. The third-order valence-corrected chi connectivity index (χ3v) is 4.37. The average Bonchev–Trinajstić information content (AvgIpc) is 2.99. The number of hydrogen-bond donors (Lipinski definition) is 0. The van der Waals surface area contributed by atoms with Gasteiger partial charge in [0.25, 0.3) is 0 Å². The Bertz CT molecular complexity index is 374. The number of fused-ring (bicyclic) bond motifs is 1. The molecule has 0 amide bonds. The van der Waals surface area contributed by atoms with Crippen LogP contribution < -0.4 is 0 Å². The second-order valence-corrected chi connectivity index (χ2v) is 6.20. The van der Waals surface area contributed by atoms with Gasteiger partial charge in [-0.3, -0.25) is 9.80 Å². The van der Waals surface area contributed by atoms with E-state index in [1.54, 1.807) is 6.26 Å². The lowest BCUT2D eigenvalue weighted by atomic mass is 10.1. The normalized spacial score (nSPS) is 29.3. The van der Waals surface area contributed by atoms with Crippen molar-refractivity contribution in [1.82, 2.24) is 9.80 Å². The van der Waals surface area contributed by atoms with Crippen LogP contribution in [0.25, 0.3) is 0 Å². The first-order chi connectivity index (χ1) is 8.74. The van der Waals surface area contributed by atoms with Crippen LogP contribution in [0.2, 0.25) is 0 Å². The Balaban J connectivity index is 1.61. The molecular formula is C15H24N2O. The van der Waals surface area contributed by atoms with Gasteiger partial charge in [0.2, 0.25) is 0 Å². The topological polar surface area (TPSA) is 19.6 Å². The second kappa shape index (κ2) is 5.06. The van der Waals surface area contributed by atoms with Gasteiger partial charge in [-0.25, -0.2) is 0 Å². The van der Waals surface area contributed by atoms with E-state index < -0.39 is 0 Å². The molecule has 2 aliphatic heterocycles. The van der Waals surface area contributed by atoms with E-state index in [1.807, 2.05) is 6.26 Å². The van der Waals surface area contributed by atoms with E-state index in [1.165, 1.54) is 38.0 Å². The zero-order chi connectivity index (χ0) is 12.5. The van der Waals surface area contributed by atoms with Gasteiger partial charge in [0.1, 0.15) is 0 Å². The molecule has 3 rings (SSSR count). The molecule has 0 N–H and O–H groups in total. The molecule has 2 aliphatic rings. The minimum Gasteiger partial charge on any atom is -0.472 e. The van der Waals surface area contributed by atoms with Crippen LogP contribution in [0.3, 0.4) is 0 Å². The summed E-state index contributed by atoms with van der Waals surface area (Å²) in [5, 5.41) is 0. The van der Waals surface area contributed by atoms with Gasteiger partial charge >= 0.3 is 0 Å². The van der Waals surface area contributed by atoms with Crippen LogP contribution in [0.1, 0.15) is 32.3 Å². The molecule has 0 unspecified atom stereocenters. The van der Waals surface area contributed by atoms with Crippen molar-refractivity contribution in [3.05, 3.63) is 24.2 Å². The van der Waals surface area contributed by atoms with Gasteiger partial charge in [-0.05, 0) is 24.8 Å². The smallest absolute Gasteiger partial charge is 0.0947 e. The van der Waals surface area contributed by atoms with E-state index in [2.05, 4.69) is 29.7 Å². The highest BCUT2D eigenvalue weighted by atomic mass is 16.3. The Morgan fingerprint density at radius 2 is 1.94 bits per heavy atom. The molecule has 2 atom stereocenters. The van der Waals surface area contributed by atoms with Crippen LogP contribution in [-0.4, -0.2) is 41.5 Å². The van der Waals surface area contributed by atoms with E-state index in [0.717, 1.165) is 24.5 Å². The molecule has 0 radical (unpaired) electrons. The molecule has 0 aromatic carbocycles. The summed E-state index contributed by atoms with van der Waals surface area (Å²) in [7, 11) is 0. The van der Waals surface area contributed by atoms with Crippen LogP contribution in [0.4, 0.5) is 0 Å². The maximum absolute atomic E-state index is 5.17. The van der Waals surface area contributed by atoms with E-state index in [-0.39, 0.29) is 0 Å². The van der Waals surface area contributed by atoms with Crippen LogP contribution in [0, 0.1) is 5.92 Å². The molecule has 1 aromatic rings. The summed E-state index contributed by atoms with van der Waals surface area (Å²) < 4.78 is 5.17. The summed E-state index contributed by atoms with van der Waals surface area (Å²) in [6, 6.07) is 3.67. The molecule has 0 bridgehead atoms. The minimum absolute atomic E-state index is 0.777. The lowest BCUT2D eigenvalue weighted by Gasteiger charge is -2.26. The number of nitrogens with zero attached hydrogens (tertiary/aromatic N) is 2. The SMILES string of the molecule is CC(C)CN1CC[C@@H]2[C@@H]1CCN2Cc1ccoc1. The first-order valence-electron chi connectivity index (χ1n) is 7.23. The molecule has 1 aromatic heterocycles. The zero-order valence-electron chi connectivity index (χ0n) is 11.5. The third kappa shape index (κ3) is 2.34. The summed E-state index contributed by atoms with van der Waals surface area (Å²) in [5.41, 5.74) is 1.32. The van der Waals surface area contributed by atoms with Gasteiger partial charge < -0.3 is 4.42 Å². The quantitative estimate of drug-likeness (QED) is 0.816. The summed E-state index contributed by atoms with van der Waals surface area (Å²) in [6.07, 6.45) is 6.35. The number of hydrogen-bond acceptors (Lipinski definition) is 3. The van der Waals surface area contributed by atoms with E-state index in [9.17, 15) is 0 Å². The number of furan rings is 1. The van der Waals surface area contributed by atoms with Crippen LogP contribution >= 0.6 is 0 Å². The second-order valence-electron chi connectivity index (χ2n) is 6.20. The Labute approximate surface area is 110 Å². The van der Waals surface area contributed by atoms with Crippen molar-refractivity contribution in [1.29, 1.82) is 0 Å². The predicted octanol–water partition coefficient (Wildman–Crippen LogP) is 2.58. The van der Waals surface area contributed by atoms with E-state index in [0.29, 0.717) is 0 Å². The van der Waals surface area contributed by atoms with Crippen molar-refractivity contribution in [3.8, 4) is 0 Å². The molecule has 0 spiro atoms. The van der Waals surface area contributed by atoms with Crippen LogP contribution in [0.5, 0.6) is 0 Å². The third-order valence-electron chi connectivity index (χ3n) is 4.37.